The minimum absolute atomic E-state index is 0.111. The summed E-state index contributed by atoms with van der Waals surface area (Å²) in [5.41, 5.74) is 0.529. The number of amides is 1. The molecule has 39 heavy (non-hydrogen) atoms. The van der Waals surface area contributed by atoms with Gasteiger partial charge in [0.05, 0.1) is 0 Å². The van der Waals surface area contributed by atoms with Crippen LogP contribution in [0.5, 0.6) is 0 Å². The number of hydrogen-bond acceptors (Lipinski definition) is 5. The molecule has 0 atom stereocenters. The highest BCUT2D eigenvalue weighted by molar-refractivity contribution is 6.74. The Balaban J connectivity index is 2.20. The van der Waals surface area contributed by atoms with Crippen LogP contribution in [0.1, 0.15) is 111 Å². The number of nitrogens with zero attached hydrogens (tertiary/aromatic N) is 1. The van der Waals surface area contributed by atoms with E-state index < -0.39 is 13.9 Å². The van der Waals surface area contributed by atoms with Crippen molar-refractivity contribution >= 4 is 20.4 Å². The lowest BCUT2D eigenvalue weighted by atomic mass is 10.1. The van der Waals surface area contributed by atoms with Crippen LogP contribution in [0.4, 0.5) is 4.79 Å². The fraction of sp³-hybridized carbons (Fsp3) is 0.750. The zero-order valence-electron chi connectivity index (χ0n) is 26.3. The molecule has 1 rings (SSSR count). The van der Waals surface area contributed by atoms with Crippen LogP contribution in [0.2, 0.25) is 18.1 Å². The van der Waals surface area contributed by atoms with Gasteiger partial charge in [0.2, 0.25) is 0 Å². The predicted molar refractivity (Wildman–Crippen MR) is 163 cm³/mol. The number of esters is 1. The van der Waals surface area contributed by atoms with Crippen LogP contribution in [0.25, 0.3) is 0 Å². The maximum atomic E-state index is 12.8. The average molecular weight is 564 g/mol. The summed E-state index contributed by atoms with van der Waals surface area (Å²) in [6.07, 6.45) is 9.80. The lowest BCUT2D eigenvalue weighted by molar-refractivity contribution is -0.145. The number of hydrogen-bond donors (Lipinski definition) is 0. The van der Waals surface area contributed by atoms with Gasteiger partial charge in [-0.3, -0.25) is 4.79 Å². The van der Waals surface area contributed by atoms with E-state index in [1.165, 1.54) is 12.8 Å². The molecule has 224 valence electrons. The second kappa shape index (κ2) is 17.7. The summed E-state index contributed by atoms with van der Waals surface area (Å²) in [7, 11) is -1.78. The first-order valence-corrected chi connectivity index (χ1v) is 17.9. The van der Waals surface area contributed by atoms with Gasteiger partial charge in [0.15, 0.2) is 8.32 Å². The molecule has 1 aromatic rings. The van der Waals surface area contributed by atoms with Crippen molar-refractivity contribution in [3.05, 3.63) is 35.9 Å². The third-order valence-electron chi connectivity index (χ3n) is 7.29. The van der Waals surface area contributed by atoms with Gasteiger partial charge in [0.1, 0.15) is 12.2 Å². The normalized spacial score (nSPS) is 12.3. The molecule has 0 saturated heterocycles. The van der Waals surface area contributed by atoms with E-state index >= 15 is 0 Å². The zero-order chi connectivity index (χ0) is 29.4. The monoisotopic (exact) mass is 563 g/mol. The minimum atomic E-state index is -1.78. The van der Waals surface area contributed by atoms with Gasteiger partial charge >= 0.3 is 12.1 Å². The second-order valence-corrected chi connectivity index (χ2v) is 18.0. The molecule has 0 fully saturated rings. The van der Waals surface area contributed by atoms with Gasteiger partial charge < -0.3 is 18.8 Å². The average Bonchev–Trinajstić information content (AvgIpc) is 2.83. The summed E-state index contributed by atoms with van der Waals surface area (Å²) in [5, 5.41) is 0.187. The van der Waals surface area contributed by atoms with E-state index in [9.17, 15) is 9.59 Å². The Labute approximate surface area is 240 Å². The fourth-order valence-corrected chi connectivity index (χ4v) is 4.95. The third kappa shape index (κ3) is 16.8. The van der Waals surface area contributed by atoms with Crippen LogP contribution in [0.15, 0.2) is 30.3 Å². The van der Waals surface area contributed by atoms with E-state index in [0.717, 1.165) is 57.1 Å². The first kappa shape index (κ1) is 35.2. The number of carbonyl (C=O) groups is 2. The third-order valence-corrected chi connectivity index (χ3v) is 11.8. The van der Waals surface area contributed by atoms with Gasteiger partial charge in [-0.15, -0.1) is 0 Å². The van der Waals surface area contributed by atoms with E-state index in [2.05, 4.69) is 33.9 Å². The molecule has 0 aliphatic carbocycles. The van der Waals surface area contributed by atoms with E-state index in [1.54, 1.807) is 0 Å². The molecule has 0 radical (unpaired) electrons. The van der Waals surface area contributed by atoms with Gasteiger partial charge in [-0.25, -0.2) is 4.79 Å². The molecule has 0 heterocycles. The highest BCUT2D eigenvalue weighted by Gasteiger charge is 2.36. The first-order chi connectivity index (χ1) is 18.2. The van der Waals surface area contributed by atoms with E-state index in [4.69, 9.17) is 13.9 Å². The van der Waals surface area contributed by atoms with Crippen LogP contribution >= 0.6 is 0 Å². The van der Waals surface area contributed by atoms with Crippen molar-refractivity contribution in [2.24, 2.45) is 0 Å². The Kier molecular flexibility index (Phi) is 16.0. The lowest BCUT2D eigenvalue weighted by Gasteiger charge is -2.36. The molecule has 0 spiro atoms. The van der Waals surface area contributed by atoms with Crippen molar-refractivity contribution in [1.82, 2.24) is 4.90 Å². The van der Waals surface area contributed by atoms with Crippen molar-refractivity contribution in [2.45, 2.75) is 136 Å². The van der Waals surface area contributed by atoms with Gasteiger partial charge in [-0.1, -0.05) is 89.6 Å². The largest absolute Gasteiger partial charge is 0.461 e. The Morgan fingerprint density at radius 2 is 1.31 bits per heavy atom. The molecule has 0 saturated carbocycles. The van der Waals surface area contributed by atoms with Crippen molar-refractivity contribution in [3.63, 3.8) is 0 Å². The summed E-state index contributed by atoms with van der Waals surface area (Å²) >= 11 is 0. The second-order valence-electron chi connectivity index (χ2n) is 13.2. The summed E-state index contributed by atoms with van der Waals surface area (Å²) in [4.78, 5) is 26.5. The molecule has 0 aromatic heterocycles. The standard InChI is InChI=1S/C32H57NO5Si/c1-31(2,3)38-30(35)33(25-20-26-37-39(7,8)32(4,5)6)24-19-14-12-10-9-11-13-18-23-29(34)36-27-28-21-16-15-17-22-28/h15-17,21-22H,9-14,18-20,23-27H2,1-8H3. The Morgan fingerprint density at radius 1 is 0.769 bits per heavy atom. The molecule has 1 aromatic carbocycles. The van der Waals surface area contributed by atoms with Crippen LogP contribution in [-0.4, -0.2) is 50.6 Å². The molecular formula is C32H57NO5Si. The SMILES string of the molecule is CC(C)(C)OC(=O)N(CCCCCCCCCCC(=O)OCc1ccccc1)CCCO[Si](C)(C)C(C)(C)C. The molecule has 0 unspecified atom stereocenters. The smallest absolute Gasteiger partial charge is 0.410 e. The van der Waals surface area contributed by atoms with Crippen molar-refractivity contribution in [3.8, 4) is 0 Å². The molecular weight excluding hydrogens is 506 g/mol. The minimum Gasteiger partial charge on any atom is -0.461 e. The summed E-state index contributed by atoms with van der Waals surface area (Å²) in [6, 6.07) is 9.79. The van der Waals surface area contributed by atoms with Gasteiger partial charge in [-0.2, -0.15) is 0 Å². The van der Waals surface area contributed by atoms with E-state index in [0.29, 0.717) is 26.2 Å². The van der Waals surface area contributed by atoms with Gasteiger partial charge in [0.25, 0.3) is 0 Å². The maximum absolute atomic E-state index is 12.8. The van der Waals surface area contributed by atoms with Crippen molar-refractivity contribution < 1.29 is 23.5 Å². The molecule has 1 amide bonds. The zero-order valence-corrected chi connectivity index (χ0v) is 27.3. The fourth-order valence-electron chi connectivity index (χ4n) is 3.86. The molecule has 0 N–H and O–H groups in total. The molecule has 0 aliphatic heterocycles. The maximum Gasteiger partial charge on any atom is 0.410 e. The van der Waals surface area contributed by atoms with E-state index in [-0.39, 0.29) is 17.1 Å². The quantitative estimate of drug-likeness (QED) is 0.101. The Bertz CT molecular complexity index is 814. The van der Waals surface area contributed by atoms with Crippen LogP contribution in [0.3, 0.4) is 0 Å². The molecule has 0 bridgehead atoms. The Hall–Kier alpha value is -1.86. The van der Waals surface area contributed by atoms with E-state index in [1.807, 2.05) is 56.0 Å². The van der Waals surface area contributed by atoms with Crippen LogP contribution in [0, 0.1) is 0 Å². The highest BCUT2D eigenvalue weighted by atomic mass is 28.4. The summed E-state index contributed by atoms with van der Waals surface area (Å²) < 4.78 is 17.3. The molecule has 0 aliphatic rings. The number of carbonyl (C=O) groups excluding carboxylic acids is 2. The lowest BCUT2D eigenvalue weighted by Crippen LogP contribution is -2.42. The molecule has 7 heteroatoms. The molecule has 6 nitrogen and oxygen atoms in total. The number of unbranched alkanes of at least 4 members (excludes halogenated alkanes) is 7. The number of ether oxygens (including phenoxy) is 2. The van der Waals surface area contributed by atoms with Crippen LogP contribution < -0.4 is 0 Å². The number of rotatable bonds is 18. The summed E-state index contributed by atoms with van der Waals surface area (Å²) in [5.74, 6) is -0.111. The first-order valence-electron chi connectivity index (χ1n) is 15.0. The Morgan fingerprint density at radius 3 is 1.87 bits per heavy atom. The topological polar surface area (TPSA) is 65.1 Å². The van der Waals surface area contributed by atoms with Gasteiger partial charge in [0, 0.05) is 26.1 Å². The van der Waals surface area contributed by atoms with Gasteiger partial charge in [-0.05, 0) is 63.7 Å². The summed E-state index contributed by atoms with van der Waals surface area (Å²) in [6.45, 7) is 19.4. The highest BCUT2D eigenvalue weighted by Crippen LogP contribution is 2.36. The van der Waals surface area contributed by atoms with Crippen molar-refractivity contribution in [2.75, 3.05) is 19.7 Å². The predicted octanol–water partition coefficient (Wildman–Crippen LogP) is 8.89. The number of benzene rings is 1. The van der Waals surface area contributed by atoms with Crippen LogP contribution in [-0.2, 0) is 25.3 Å². The van der Waals surface area contributed by atoms with Crippen molar-refractivity contribution in [1.29, 1.82) is 0 Å².